The topological polar surface area (TPSA) is 123 Å². The van der Waals surface area contributed by atoms with Crippen LogP contribution >= 0.6 is 0 Å². The molecule has 0 aliphatic rings. The van der Waals surface area contributed by atoms with Crippen LogP contribution in [-0.2, 0) is 11.8 Å². The first kappa shape index (κ1) is 20.8. The quantitative estimate of drug-likeness (QED) is 0.332. The van der Waals surface area contributed by atoms with Gasteiger partial charge < -0.3 is 15.6 Å². The maximum atomic E-state index is 12.6. The zero-order valence-corrected chi connectivity index (χ0v) is 17.6. The molecule has 0 aliphatic heterocycles. The summed E-state index contributed by atoms with van der Waals surface area (Å²) in [7, 11) is 1.78. The van der Waals surface area contributed by atoms with E-state index in [9.17, 15) is 14.4 Å². The first-order valence-corrected chi connectivity index (χ1v) is 9.81. The number of aromatic amines is 1. The molecule has 4 aromatic rings. The Morgan fingerprint density at radius 3 is 2.34 bits per heavy atom. The minimum absolute atomic E-state index is 0.196. The molecule has 32 heavy (non-hydrogen) atoms. The minimum Gasteiger partial charge on any atom is -0.382 e. The van der Waals surface area contributed by atoms with Gasteiger partial charge in [-0.25, -0.2) is 5.10 Å². The van der Waals surface area contributed by atoms with E-state index in [-0.39, 0.29) is 17.3 Å². The van der Waals surface area contributed by atoms with E-state index in [1.807, 2.05) is 24.3 Å². The van der Waals surface area contributed by atoms with Crippen LogP contribution in [0, 0.1) is 0 Å². The molecule has 2 aromatic carbocycles. The number of rotatable bonds is 5. The van der Waals surface area contributed by atoms with Gasteiger partial charge in [0.05, 0.1) is 11.1 Å². The van der Waals surface area contributed by atoms with Crippen LogP contribution in [0.4, 0.5) is 11.5 Å². The third-order valence-electron chi connectivity index (χ3n) is 5.28. The van der Waals surface area contributed by atoms with E-state index in [1.165, 1.54) is 0 Å². The number of benzene rings is 2. The van der Waals surface area contributed by atoms with Crippen molar-refractivity contribution in [2.24, 2.45) is 7.05 Å². The van der Waals surface area contributed by atoms with Gasteiger partial charge in [-0.05, 0) is 30.2 Å². The fourth-order valence-electron chi connectivity index (χ4n) is 3.72. The van der Waals surface area contributed by atoms with Crippen LogP contribution < -0.4 is 16.6 Å². The highest BCUT2D eigenvalue weighted by molar-refractivity contribution is 6.09. The molecule has 2 heterocycles. The van der Waals surface area contributed by atoms with E-state index < -0.39 is 0 Å². The second-order valence-corrected chi connectivity index (χ2v) is 7.50. The van der Waals surface area contributed by atoms with Gasteiger partial charge in [-0.1, -0.05) is 43.0 Å². The van der Waals surface area contributed by atoms with Gasteiger partial charge in [0.1, 0.15) is 11.8 Å². The number of anilines is 2. The zero-order chi connectivity index (χ0) is 23.0. The average Bonchev–Trinajstić information content (AvgIpc) is 3.11. The maximum Gasteiger partial charge on any atom is 0.288 e. The molecule has 0 saturated heterocycles. The van der Waals surface area contributed by atoms with Crippen LogP contribution in [0.15, 0.2) is 65.5 Å². The molecule has 0 fully saturated rings. The molecule has 0 spiro atoms. The Morgan fingerprint density at radius 2 is 1.75 bits per heavy atom. The molecule has 4 rings (SSSR count). The normalized spacial score (nSPS) is 10.8. The fraction of sp³-hybridized carbons (Fsp3) is 0.0833. The molecule has 0 radical (unpaired) electrons. The Morgan fingerprint density at radius 1 is 1.12 bits per heavy atom. The number of aryl methyl sites for hydroxylation is 1. The first-order chi connectivity index (χ1) is 15.3. The number of hydrogen-bond donors (Lipinski definition) is 3. The first-order valence-electron chi connectivity index (χ1n) is 9.81. The molecule has 0 unspecified atom stereocenters. The molecule has 0 bridgehead atoms. The number of aromatic nitrogens is 3. The van der Waals surface area contributed by atoms with Crippen LogP contribution in [0.25, 0.3) is 33.3 Å². The lowest BCUT2D eigenvalue weighted by atomic mass is 9.97. The van der Waals surface area contributed by atoms with Gasteiger partial charge in [-0.3, -0.25) is 14.4 Å². The van der Waals surface area contributed by atoms with Crippen molar-refractivity contribution in [2.75, 3.05) is 11.1 Å². The summed E-state index contributed by atoms with van der Waals surface area (Å²) in [6.07, 6.45) is 0.770. The van der Waals surface area contributed by atoms with Crippen molar-refractivity contribution < 1.29 is 9.59 Å². The number of hydrogen-bond acceptors (Lipinski definition) is 5. The highest BCUT2D eigenvalue weighted by atomic mass is 16.1. The van der Waals surface area contributed by atoms with E-state index in [1.54, 1.807) is 42.8 Å². The Balaban J connectivity index is 1.95. The lowest BCUT2D eigenvalue weighted by Gasteiger charge is -2.11. The number of fused-ring (bicyclic) bond motifs is 1. The van der Waals surface area contributed by atoms with Crippen molar-refractivity contribution in [3.63, 3.8) is 0 Å². The second kappa shape index (κ2) is 7.99. The predicted molar refractivity (Wildman–Crippen MR) is 125 cm³/mol. The summed E-state index contributed by atoms with van der Waals surface area (Å²) in [5.41, 5.74) is 10.9. The van der Waals surface area contributed by atoms with Crippen molar-refractivity contribution in [1.29, 1.82) is 0 Å². The zero-order valence-electron chi connectivity index (χ0n) is 17.6. The molecule has 0 saturated carbocycles. The van der Waals surface area contributed by atoms with Gasteiger partial charge in [0.25, 0.3) is 11.5 Å². The molecule has 0 atom stereocenters. The van der Waals surface area contributed by atoms with Crippen molar-refractivity contribution in [2.45, 2.75) is 6.92 Å². The van der Waals surface area contributed by atoms with Crippen LogP contribution in [0.5, 0.6) is 0 Å². The minimum atomic E-state index is -0.362. The van der Waals surface area contributed by atoms with Gasteiger partial charge in [0.2, 0.25) is 0 Å². The maximum absolute atomic E-state index is 12.6. The smallest absolute Gasteiger partial charge is 0.288 e. The number of carbonyl (C=O) groups is 2. The molecule has 1 amide bonds. The van der Waals surface area contributed by atoms with Crippen molar-refractivity contribution in [3.05, 3.63) is 76.6 Å². The summed E-state index contributed by atoms with van der Waals surface area (Å²) in [6.45, 7) is 5.28. The summed E-state index contributed by atoms with van der Waals surface area (Å²) in [4.78, 5) is 35.6. The predicted octanol–water partition coefficient (Wildman–Crippen LogP) is 3.50. The van der Waals surface area contributed by atoms with E-state index in [0.717, 1.165) is 28.7 Å². The molecule has 8 heteroatoms. The van der Waals surface area contributed by atoms with Crippen molar-refractivity contribution >= 4 is 34.6 Å². The van der Waals surface area contributed by atoms with Gasteiger partial charge >= 0.3 is 0 Å². The molecular weight excluding hydrogens is 406 g/mol. The van der Waals surface area contributed by atoms with Gasteiger partial charge in [0, 0.05) is 29.4 Å². The van der Waals surface area contributed by atoms with E-state index in [2.05, 4.69) is 22.1 Å². The molecular formula is C24H21N5O3. The van der Waals surface area contributed by atoms with Gasteiger partial charge in [-0.15, -0.1) is 0 Å². The lowest BCUT2D eigenvalue weighted by molar-refractivity contribution is -0.112. The summed E-state index contributed by atoms with van der Waals surface area (Å²) < 4.78 is 1.77. The third-order valence-corrected chi connectivity index (χ3v) is 5.28. The summed E-state index contributed by atoms with van der Waals surface area (Å²) in [5.74, 6) is -0.0649. The Labute approximate surface area is 183 Å². The molecule has 160 valence electrons. The monoisotopic (exact) mass is 427 g/mol. The van der Waals surface area contributed by atoms with Crippen LogP contribution in [0.2, 0.25) is 0 Å². The largest absolute Gasteiger partial charge is 0.382 e. The van der Waals surface area contributed by atoms with Crippen LogP contribution in [-0.4, -0.2) is 27.0 Å². The summed E-state index contributed by atoms with van der Waals surface area (Å²) in [6, 6.07) is 14.3. The van der Waals surface area contributed by atoms with E-state index in [0.29, 0.717) is 27.7 Å². The summed E-state index contributed by atoms with van der Waals surface area (Å²) in [5, 5.41) is 9.69. The number of aldehydes is 1. The standard InChI is InChI=1S/C24H21N5O3/c1-13(2)23(31)26-17-10-8-16(9-11-17)20-18(15-6-4-14(12-30)5-7-15)19-21(29(20)3)24(32)28-27-22(19)25/h4-12H,1H2,2-3H3,(H2,25,27)(H,26,31)(H,28,32). The summed E-state index contributed by atoms with van der Waals surface area (Å²) >= 11 is 0. The van der Waals surface area contributed by atoms with Gasteiger partial charge in [-0.2, -0.15) is 5.10 Å². The molecule has 8 nitrogen and oxygen atoms in total. The number of nitrogens with one attached hydrogen (secondary N) is 2. The average molecular weight is 427 g/mol. The number of amides is 1. The Bertz CT molecular complexity index is 1430. The van der Waals surface area contributed by atoms with Crippen molar-refractivity contribution in [1.82, 2.24) is 14.8 Å². The Kier molecular flexibility index (Phi) is 5.19. The fourth-order valence-corrected chi connectivity index (χ4v) is 3.72. The highest BCUT2D eigenvalue weighted by Gasteiger charge is 2.23. The number of carbonyl (C=O) groups excluding carboxylic acids is 2. The number of H-pyrrole nitrogens is 1. The molecule has 2 aromatic heterocycles. The lowest BCUT2D eigenvalue weighted by Crippen LogP contribution is -2.13. The highest BCUT2D eigenvalue weighted by Crippen LogP contribution is 2.41. The second-order valence-electron chi connectivity index (χ2n) is 7.50. The van der Waals surface area contributed by atoms with E-state index in [4.69, 9.17) is 5.73 Å². The van der Waals surface area contributed by atoms with E-state index >= 15 is 0 Å². The number of nitrogens with zero attached hydrogens (tertiary/aromatic N) is 2. The molecule has 0 aliphatic carbocycles. The van der Waals surface area contributed by atoms with Crippen LogP contribution in [0.3, 0.4) is 0 Å². The number of nitrogen functional groups attached to an aromatic ring is 1. The van der Waals surface area contributed by atoms with Crippen molar-refractivity contribution in [3.8, 4) is 22.4 Å². The Hall–Kier alpha value is -4.46. The molecule has 4 N–H and O–H groups in total. The number of nitrogens with two attached hydrogens (primary N) is 1. The third kappa shape index (κ3) is 3.47. The van der Waals surface area contributed by atoms with Crippen LogP contribution in [0.1, 0.15) is 17.3 Å². The van der Waals surface area contributed by atoms with Gasteiger partial charge in [0.15, 0.2) is 5.82 Å². The SMILES string of the molecule is C=C(C)C(=O)Nc1ccc(-c2c(-c3ccc(C=O)cc3)c3c(N)n[nH]c(=O)c3n2C)cc1.